The number of aromatic nitrogens is 2. The Hall–Kier alpha value is -2.03. The molecule has 1 aromatic rings. The minimum Gasteiger partial charge on any atom is -0.348 e. The van der Waals surface area contributed by atoms with Gasteiger partial charge in [0.15, 0.2) is 0 Å². The van der Waals surface area contributed by atoms with E-state index in [0.717, 1.165) is 24.4 Å². The standard InChI is InChI=1S/C14H21N5O3S/c1-3-15-12(20)13(21)16-8-10-4-6-19(7-5-10)14(22)11-9(2)17-18-23-11/h10H,3-8H2,1-2H3,(H,15,20)(H,16,21). The lowest BCUT2D eigenvalue weighted by Crippen LogP contribution is -2.44. The minimum absolute atomic E-state index is 0.0256. The van der Waals surface area contributed by atoms with Crippen molar-refractivity contribution in [2.45, 2.75) is 26.7 Å². The predicted octanol–water partition coefficient (Wildman–Crippen LogP) is -0.0490. The zero-order chi connectivity index (χ0) is 16.8. The highest BCUT2D eigenvalue weighted by Crippen LogP contribution is 2.20. The molecule has 0 atom stereocenters. The molecule has 0 unspecified atom stereocenters. The topological polar surface area (TPSA) is 104 Å². The third-order valence-electron chi connectivity index (χ3n) is 3.84. The molecule has 9 heteroatoms. The smallest absolute Gasteiger partial charge is 0.309 e. The van der Waals surface area contributed by atoms with Crippen LogP contribution in [0.15, 0.2) is 0 Å². The number of rotatable bonds is 4. The second-order valence-corrected chi connectivity index (χ2v) is 6.25. The monoisotopic (exact) mass is 339 g/mol. The van der Waals surface area contributed by atoms with Gasteiger partial charge in [-0.1, -0.05) is 4.49 Å². The second-order valence-electron chi connectivity index (χ2n) is 5.49. The maximum Gasteiger partial charge on any atom is 0.309 e. The SMILES string of the molecule is CCNC(=O)C(=O)NCC1CCN(C(=O)c2snnc2C)CC1. The number of nitrogens with zero attached hydrogens (tertiary/aromatic N) is 3. The molecule has 0 aliphatic carbocycles. The molecular formula is C14H21N5O3S. The van der Waals surface area contributed by atoms with Crippen molar-refractivity contribution in [3.05, 3.63) is 10.6 Å². The van der Waals surface area contributed by atoms with E-state index in [2.05, 4.69) is 20.2 Å². The van der Waals surface area contributed by atoms with Gasteiger partial charge in [-0.05, 0) is 44.1 Å². The van der Waals surface area contributed by atoms with Crippen LogP contribution in [0.4, 0.5) is 0 Å². The summed E-state index contributed by atoms with van der Waals surface area (Å²) in [5.41, 5.74) is 0.663. The fraction of sp³-hybridized carbons (Fsp3) is 0.643. The summed E-state index contributed by atoms with van der Waals surface area (Å²) in [5, 5.41) is 8.97. The van der Waals surface area contributed by atoms with Crippen molar-refractivity contribution in [2.24, 2.45) is 5.92 Å². The van der Waals surface area contributed by atoms with Gasteiger partial charge in [0.25, 0.3) is 5.91 Å². The Morgan fingerprint density at radius 3 is 2.43 bits per heavy atom. The zero-order valence-corrected chi connectivity index (χ0v) is 14.1. The number of carbonyl (C=O) groups is 3. The van der Waals surface area contributed by atoms with E-state index in [1.165, 1.54) is 0 Å². The highest BCUT2D eigenvalue weighted by atomic mass is 32.1. The lowest BCUT2D eigenvalue weighted by atomic mass is 9.96. The number of nitrogens with one attached hydrogen (secondary N) is 2. The molecule has 1 aromatic heterocycles. The first-order valence-electron chi connectivity index (χ1n) is 7.67. The Balaban J connectivity index is 1.76. The highest BCUT2D eigenvalue weighted by Gasteiger charge is 2.26. The molecule has 0 spiro atoms. The van der Waals surface area contributed by atoms with Crippen LogP contribution in [-0.2, 0) is 9.59 Å². The van der Waals surface area contributed by atoms with E-state index in [1.807, 2.05) is 0 Å². The van der Waals surface area contributed by atoms with Crippen molar-refractivity contribution in [1.29, 1.82) is 0 Å². The van der Waals surface area contributed by atoms with Crippen LogP contribution in [0.3, 0.4) is 0 Å². The first kappa shape index (κ1) is 17.3. The molecule has 0 saturated carbocycles. The average Bonchev–Trinajstić information content (AvgIpc) is 2.98. The molecule has 0 aromatic carbocycles. The van der Waals surface area contributed by atoms with Crippen LogP contribution < -0.4 is 10.6 Å². The summed E-state index contributed by atoms with van der Waals surface area (Å²) in [6.45, 7) is 5.70. The van der Waals surface area contributed by atoms with Crippen molar-refractivity contribution in [3.63, 3.8) is 0 Å². The Morgan fingerprint density at radius 2 is 1.87 bits per heavy atom. The number of likely N-dealkylation sites (N-methyl/N-ethyl adjacent to an activating group) is 1. The van der Waals surface area contributed by atoms with Crippen LogP contribution >= 0.6 is 11.5 Å². The van der Waals surface area contributed by atoms with Gasteiger partial charge in [0.1, 0.15) is 4.88 Å². The van der Waals surface area contributed by atoms with Crippen LogP contribution in [-0.4, -0.2) is 58.4 Å². The third kappa shape index (κ3) is 4.47. The van der Waals surface area contributed by atoms with Gasteiger partial charge in [-0.2, -0.15) is 0 Å². The van der Waals surface area contributed by atoms with Crippen molar-refractivity contribution in [3.8, 4) is 0 Å². The summed E-state index contributed by atoms with van der Waals surface area (Å²) in [7, 11) is 0. The van der Waals surface area contributed by atoms with Crippen molar-refractivity contribution >= 4 is 29.3 Å². The van der Waals surface area contributed by atoms with Crippen molar-refractivity contribution < 1.29 is 14.4 Å². The number of aryl methyl sites for hydroxylation is 1. The fourth-order valence-electron chi connectivity index (χ4n) is 2.47. The number of hydrogen-bond acceptors (Lipinski definition) is 6. The third-order valence-corrected chi connectivity index (χ3v) is 4.66. The number of piperidine rings is 1. The first-order valence-corrected chi connectivity index (χ1v) is 8.44. The summed E-state index contributed by atoms with van der Waals surface area (Å²) in [5.74, 6) is -0.953. The van der Waals surface area contributed by atoms with Gasteiger partial charge in [-0.3, -0.25) is 14.4 Å². The summed E-state index contributed by atoms with van der Waals surface area (Å²) < 4.78 is 3.79. The molecule has 0 radical (unpaired) electrons. The van der Waals surface area contributed by atoms with E-state index in [1.54, 1.807) is 18.7 Å². The second kappa shape index (κ2) is 8.00. The fourth-order valence-corrected chi connectivity index (χ4v) is 3.09. The summed E-state index contributed by atoms with van der Waals surface area (Å²) in [6.07, 6.45) is 1.60. The molecule has 2 rings (SSSR count). The summed E-state index contributed by atoms with van der Waals surface area (Å²) in [4.78, 5) is 37.6. The maximum absolute atomic E-state index is 12.3. The van der Waals surface area contributed by atoms with E-state index < -0.39 is 11.8 Å². The molecule has 0 bridgehead atoms. The minimum atomic E-state index is -0.603. The lowest BCUT2D eigenvalue weighted by molar-refractivity contribution is -0.139. The van der Waals surface area contributed by atoms with Crippen LogP contribution in [0.5, 0.6) is 0 Å². The zero-order valence-electron chi connectivity index (χ0n) is 13.3. The number of likely N-dealkylation sites (tertiary alicyclic amines) is 1. The van der Waals surface area contributed by atoms with Crippen LogP contribution in [0.25, 0.3) is 0 Å². The summed E-state index contributed by atoms with van der Waals surface area (Å²) in [6, 6.07) is 0. The number of carbonyl (C=O) groups excluding carboxylic acids is 3. The molecule has 8 nitrogen and oxygen atoms in total. The van der Waals surface area contributed by atoms with Crippen LogP contribution in [0.2, 0.25) is 0 Å². The maximum atomic E-state index is 12.3. The number of amides is 3. The van der Waals surface area contributed by atoms with E-state index >= 15 is 0 Å². The Bertz CT molecular complexity index is 581. The predicted molar refractivity (Wildman–Crippen MR) is 85.0 cm³/mol. The van der Waals surface area contributed by atoms with Gasteiger partial charge < -0.3 is 15.5 Å². The van der Waals surface area contributed by atoms with Gasteiger partial charge in [0.05, 0.1) is 5.69 Å². The highest BCUT2D eigenvalue weighted by molar-refractivity contribution is 7.07. The summed E-state index contributed by atoms with van der Waals surface area (Å²) >= 11 is 1.12. The van der Waals surface area contributed by atoms with Gasteiger partial charge in [0, 0.05) is 26.2 Å². The van der Waals surface area contributed by atoms with E-state index in [9.17, 15) is 14.4 Å². The molecule has 2 heterocycles. The quantitative estimate of drug-likeness (QED) is 0.749. The van der Waals surface area contributed by atoms with E-state index in [4.69, 9.17) is 0 Å². The molecule has 23 heavy (non-hydrogen) atoms. The van der Waals surface area contributed by atoms with E-state index in [0.29, 0.717) is 36.8 Å². The van der Waals surface area contributed by atoms with E-state index in [-0.39, 0.29) is 11.8 Å². The molecule has 1 aliphatic heterocycles. The Kier molecular flexibility index (Phi) is 6.03. The first-order chi connectivity index (χ1) is 11.0. The Labute approximate surface area is 138 Å². The van der Waals surface area contributed by atoms with Gasteiger partial charge >= 0.3 is 11.8 Å². The molecule has 3 amide bonds. The lowest BCUT2D eigenvalue weighted by Gasteiger charge is -2.31. The average molecular weight is 339 g/mol. The van der Waals surface area contributed by atoms with Crippen molar-refractivity contribution in [2.75, 3.05) is 26.2 Å². The Morgan fingerprint density at radius 1 is 1.22 bits per heavy atom. The van der Waals surface area contributed by atoms with Crippen LogP contribution in [0, 0.1) is 12.8 Å². The van der Waals surface area contributed by atoms with Gasteiger partial charge in [-0.25, -0.2) is 0 Å². The van der Waals surface area contributed by atoms with Gasteiger partial charge in [-0.15, -0.1) is 5.10 Å². The number of hydrogen-bond donors (Lipinski definition) is 2. The van der Waals surface area contributed by atoms with Crippen LogP contribution in [0.1, 0.15) is 35.1 Å². The van der Waals surface area contributed by atoms with Gasteiger partial charge in [0.2, 0.25) is 0 Å². The largest absolute Gasteiger partial charge is 0.348 e. The molecule has 1 saturated heterocycles. The molecule has 1 fully saturated rings. The molecule has 2 N–H and O–H groups in total. The van der Waals surface area contributed by atoms with Crippen molar-refractivity contribution in [1.82, 2.24) is 25.1 Å². The normalized spacial score (nSPS) is 15.3. The molecule has 126 valence electrons. The molecular weight excluding hydrogens is 318 g/mol. The molecule has 1 aliphatic rings.